The Labute approximate surface area is 192 Å². The number of anilines is 3. The Bertz CT molecular complexity index is 1440. The molecule has 7 heteroatoms. The van der Waals surface area contributed by atoms with Crippen molar-refractivity contribution in [3.05, 3.63) is 76.4 Å². The zero-order valence-corrected chi connectivity index (χ0v) is 18.6. The summed E-state index contributed by atoms with van der Waals surface area (Å²) in [5.41, 5.74) is 8.91. The molecule has 0 radical (unpaired) electrons. The Morgan fingerprint density at radius 1 is 1.09 bits per heavy atom. The number of benzene rings is 2. The van der Waals surface area contributed by atoms with Crippen LogP contribution in [-0.2, 0) is 10.2 Å². The minimum atomic E-state index is -1.58. The van der Waals surface area contributed by atoms with Crippen molar-refractivity contribution in [3.8, 4) is 12.1 Å². The van der Waals surface area contributed by atoms with Gasteiger partial charge in [-0.3, -0.25) is 9.69 Å². The number of carbonyl (C=O) groups is 1. The summed E-state index contributed by atoms with van der Waals surface area (Å²) in [6, 6.07) is 17.9. The zero-order chi connectivity index (χ0) is 23.3. The van der Waals surface area contributed by atoms with Crippen LogP contribution in [0.5, 0.6) is 0 Å². The van der Waals surface area contributed by atoms with Crippen molar-refractivity contribution in [2.45, 2.75) is 44.1 Å². The van der Waals surface area contributed by atoms with Crippen LogP contribution in [0.25, 0.3) is 0 Å². The van der Waals surface area contributed by atoms with E-state index in [1.165, 1.54) is 0 Å². The topological polar surface area (TPSA) is 109 Å². The van der Waals surface area contributed by atoms with E-state index in [4.69, 9.17) is 5.73 Å². The lowest BCUT2D eigenvalue weighted by atomic mass is 9.68. The first-order valence-electron chi connectivity index (χ1n) is 11.0. The predicted octanol–water partition coefficient (Wildman–Crippen LogP) is 3.93. The first-order valence-corrected chi connectivity index (χ1v) is 11.0. The van der Waals surface area contributed by atoms with Gasteiger partial charge in [0.1, 0.15) is 23.8 Å². The lowest BCUT2D eigenvalue weighted by Gasteiger charge is -2.44. The number of hydrogen-bond donors (Lipinski definition) is 2. The van der Waals surface area contributed by atoms with E-state index in [0.29, 0.717) is 11.4 Å². The molecule has 4 heterocycles. The molecule has 0 saturated carbocycles. The number of nitrogens with one attached hydrogen (secondary N) is 1. The summed E-state index contributed by atoms with van der Waals surface area (Å²) >= 11 is 0. The molecule has 4 aliphatic rings. The third kappa shape index (κ3) is 2.01. The van der Waals surface area contributed by atoms with Crippen molar-refractivity contribution in [2.24, 2.45) is 5.73 Å². The summed E-state index contributed by atoms with van der Waals surface area (Å²) in [7, 11) is 0. The number of nitrogens with two attached hydrogens (primary N) is 1. The van der Waals surface area contributed by atoms with Crippen molar-refractivity contribution < 1.29 is 4.79 Å². The smallest absolute Gasteiger partial charge is 0.249 e. The highest BCUT2D eigenvalue weighted by Crippen LogP contribution is 2.61. The number of hydrogen-bond acceptors (Lipinski definition) is 6. The summed E-state index contributed by atoms with van der Waals surface area (Å²) in [6.45, 7) is 6.23. The molecular weight excluding hydrogens is 412 g/mol. The van der Waals surface area contributed by atoms with Crippen LogP contribution in [0.1, 0.15) is 44.2 Å². The van der Waals surface area contributed by atoms with E-state index < -0.39 is 11.0 Å². The van der Waals surface area contributed by atoms with Gasteiger partial charge in [-0.05, 0) is 43.9 Å². The third-order valence-electron chi connectivity index (χ3n) is 7.49. The van der Waals surface area contributed by atoms with Crippen LogP contribution in [0.2, 0.25) is 0 Å². The van der Waals surface area contributed by atoms with Crippen molar-refractivity contribution in [1.29, 1.82) is 10.5 Å². The monoisotopic (exact) mass is 434 g/mol. The largest absolute Gasteiger partial charge is 0.384 e. The van der Waals surface area contributed by atoms with E-state index >= 15 is 0 Å². The average molecular weight is 435 g/mol. The molecule has 2 aromatic carbocycles. The van der Waals surface area contributed by atoms with Gasteiger partial charge in [-0.25, -0.2) is 0 Å². The normalized spacial score (nSPS) is 26.0. The zero-order valence-electron chi connectivity index (χ0n) is 18.6. The second-order valence-electron chi connectivity index (χ2n) is 9.74. The molecule has 0 unspecified atom stereocenters. The van der Waals surface area contributed by atoms with Crippen molar-refractivity contribution in [1.82, 2.24) is 0 Å². The third-order valence-corrected chi connectivity index (χ3v) is 7.49. The molecule has 0 bridgehead atoms. The van der Waals surface area contributed by atoms with Crippen molar-refractivity contribution in [3.63, 3.8) is 0 Å². The van der Waals surface area contributed by atoms with Crippen LogP contribution in [0, 0.1) is 22.7 Å². The number of nitrogens with zero attached hydrogens (tertiary/aromatic N) is 4. The van der Waals surface area contributed by atoms with Gasteiger partial charge < -0.3 is 16.0 Å². The predicted molar refractivity (Wildman–Crippen MR) is 125 cm³/mol. The summed E-state index contributed by atoms with van der Waals surface area (Å²) in [4.78, 5) is 18.0. The Morgan fingerprint density at radius 3 is 2.55 bits per heavy atom. The second-order valence-corrected chi connectivity index (χ2v) is 9.74. The maximum absolute atomic E-state index is 14.5. The van der Waals surface area contributed by atoms with Crippen LogP contribution < -0.4 is 20.9 Å². The molecule has 162 valence electrons. The molecule has 0 saturated heterocycles. The van der Waals surface area contributed by atoms with Gasteiger partial charge in [-0.15, -0.1) is 0 Å². The van der Waals surface area contributed by atoms with Crippen LogP contribution in [0.3, 0.4) is 0 Å². The SMILES string of the molecule is C[C@@H]1CC(C)(C)N2C(=O)[C@@]3(C(C#N)=C(N)N4C(=C3C#N)Nc3ccccc34)c3cccc1c32. The summed E-state index contributed by atoms with van der Waals surface area (Å²) < 4.78 is 0. The number of rotatable bonds is 0. The van der Waals surface area contributed by atoms with E-state index in [0.717, 1.165) is 29.0 Å². The fourth-order valence-electron chi connectivity index (χ4n) is 6.29. The quantitative estimate of drug-likeness (QED) is 0.650. The van der Waals surface area contributed by atoms with Gasteiger partial charge >= 0.3 is 0 Å². The Balaban J connectivity index is 1.75. The average Bonchev–Trinajstić information content (AvgIpc) is 3.28. The highest BCUT2D eigenvalue weighted by molar-refractivity contribution is 6.17. The first kappa shape index (κ1) is 19.5. The van der Waals surface area contributed by atoms with Crippen molar-refractivity contribution >= 4 is 23.0 Å². The molecule has 4 aliphatic heterocycles. The molecule has 1 spiro atoms. The maximum Gasteiger partial charge on any atom is 0.249 e. The van der Waals surface area contributed by atoms with E-state index in [2.05, 4.69) is 24.4 Å². The standard InChI is InChI=1S/C26H22N6O/c1-14-11-25(2,3)32-21-15(14)7-6-8-16(21)26(24(32)33)17(12-27)22(29)31-20-10-5-4-9-19(20)30-23(31)18(26)13-28/h4-10,14,30H,11,29H2,1-3H3/t14-,26-/m1/s1. The molecule has 0 fully saturated rings. The first-order chi connectivity index (χ1) is 15.8. The Morgan fingerprint density at radius 2 is 1.82 bits per heavy atom. The fraction of sp³-hybridized carbons (Fsp3) is 0.269. The molecule has 3 N–H and O–H groups in total. The summed E-state index contributed by atoms with van der Waals surface area (Å²) in [5, 5.41) is 24.2. The van der Waals surface area contributed by atoms with Gasteiger partial charge in [0, 0.05) is 11.1 Å². The fourth-order valence-corrected chi connectivity index (χ4v) is 6.29. The number of carbonyl (C=O) groups excluding carboxylic acids is 1. The van der Waals surface area contributed by atoms with Gasteiger partial charge in [0.15, 0.2) is 5.41 Å². The molecule has 6 rings (SSSR count). The lowest BCUT2D eigenvalue weighted by molar-refractivity contribution is -0.122. The number of amides is 1. The maximum atomic E-state index is 14.5. The van der Waals surface area contributed by atoms with E-state index in [1.54, 1.807) is 9.80 Å². The summed E-state index contributed by atoms with van der Waals surface area (Å²) in [5.74, 6) is 0.545. The van der Waals surface area contributed by atoms with Gasteiger partial charge in [0.2, 0.25) is 5.91 Å². The molecule has 0 aliphatic carbocycles. The van der Waals surface area contributed by atoms with E-state index in [-0.39, 0.29) is 28.8 Å². The Hall–Kier alpha value is -4.23. The highest BCUT2D eigenvalue weighted by Gasteiger charge is 2.65. The highest BCUT2D eigenvalue weighted by atomic mass is 16.2. The number of fused-ring (bicyclic) bond motifs is 4. The second kappa shape index (κ2) is 5.96. The molecule has 0 aromatic heterocycles. The molecule has 1 amide bonds. The molecule has 33 heavy (non-hydrogen) atoms. The molecule has 2 atom stereocenters. The van der Waals surface area contributed by atoms with Crippen LogP contribution in [0.15, 0.2) is 65.3 Å². The number of nitriles is 2. The van der Waals surface area contributed by atoms with E-state index in [1.807, 2.05) is 56.3 Å². The lowest BCUT2D eigenvalue weighted by Crippen LogP contribution is -2.55. The van der Waals surface area contributed by atoms with Crippen LogP contribution in [0.4, 0.5) is 17.1 Å². The minimum absolute atomic E-state index is 0.0950. The molecule has 7 nitrogen and oxygen atoms in total. The van der Waals surface area contributed by atoms with Crippen molar-refractivity contribution in [2.75, 3.05) is 15.1 Å². The van der Waals surface area contributed by atoms with Crippen LogP contribution >= 0.6 is 0 Å². The van der Waals surface area contributed by atoms with Gasteiger partial charge in [-0.1, -0.05) is 37.3 Å². The van der Waals surface area contributed by atoms with Crippen LogP contribution in [-0.4, -0.2) is 11.4 Å². The summed E-state index contributed by atoms with van der Waals surface area (Å²) in [6.07, 6.45) is 0.778. The Kier molecular flexibility index (Phi) is 3.52. The molecule has 2 aromatic rings. The van der Waals surface area contributed by atoms with Gasteiger partial charge in [0.25, 0.3) is 0 Å². The van der Waals surface area contributed by atoms with E-state index in [9.17, 15) is 15.3 Å². The van der Waals surface area contributed by atoms with Gasteiger partial charge in [-0.2, -0.15) is 10.5 Å². The number of para-hydroxylation sites is 3. The molecular formula is C26H22N6O. The minimum Gasteiger partial charge on any atom is -0.384 e. The van der Waals surface area contributed by atoms with Gasteiger partial charge in [0.05, 0.1) is 28.2 Å².